The molecule has 1 aliphatic heterocycles. The van der Waals surface area contributed by atoms with E-state index >= 15 is 0 Å². The van der Waals surface area contributed by atoms with Crippen molar-refractivity contribution in [3.8, 4) is 11.4 Å². The van der Waals surface area contributed by atoms with Crippen molar-refractivity contribution in [2.45, 2.75) is 32.2 Å². The third-order valence-electron chi connectivity index (χ3n) is 3.73. The number of halogens is 3. The van der Waals surface area contributed by atoms with Crippen LogP contribution in [0.25, 0.3) is 11.4 Å². The summed E-state index contributed by atoms with van der Waals surface area (Å²) in [4.78, 5) is 8.30. The average molecular weight is 356 g/mol. The maximum absolute atomic E-state index is 13.4. The minimum atomic E-state index is -4.86. The van der Waals surface area contributed by atoms with Crippen molar-refractivity contribution in [2.24, 2.45) is 11.0 Å². The molecule has 0 fully saturated rings. The van der Waals surface area contributed by atoms with Crippen molar-refractivity contribution in [1.82, 2.24) is 9.97 Å². The summed E-state index contributed by atoms with van der Waals surface area (Å²) in [5.74, 6) is -0.209. The molecule has 24 heavy (non-hydrogen) atoms. The summed E-state index contributed by atoms with van der Waals surface area (Å²) in [7, 11) is 0. The summed E-state index contributed by atoms with van der Waals surface area (Å²) in [6, 6.07) is 5.21. The molecule has 0 radical (unpaired) electrons. The van der Waals surface area contributed by atoms with Gasteiger partial charge >= 0.3 is 6.18 Å². The number of hydrogen-bond acceptors (Lipinski definition) is 6. The summed E-state index contributed by atoms with van der Waals surface area (Å²) >= 11 is 0.982. The first kappa shape index (κ1) is 16.8. The maximum atomic E-state index is 13.4. The van der Waals surface area contributed by atoms with Gasteiger partial charge in [0.25, 0.3) is 5.72 Å². The van der Waals surface area contributed by atoms with Gasteiger partial charge in [0, 0.05) is 23.7 Å². The molecule has 0 saturated heterocycles. The molecular weight excluding hydrogens is 341 g/mol. The normalized spacial score (nSPS) is 21.5. The van der Waals surface area contributed by atoms with Gasteiger partial charge in [-0.1, -0.05) is 19.9 Å². The zero-order valence-electron chi connectivity index (χ0n) is 12.9. The highest BCUT2D eigenvalue weighted by Crippen LogP contribution is 2.44. The predicted octanol–water partition coefficient (Wildman–Crippen LogP) is 3.68. The fourth-order valence-corrected chi connectivity index (χ4v) is 3.14. The lowest BCUT2D eigenvalue weighted by Crippen LogP contribution is -2.55. The SMILES string of the molecule is CC(C)C1=NN(c2nc(-c3ccccn3)cs2)[C@](O)(C(F)(F)F)C1. The smallest absolute Gasteiger partial charge is 0.362 e. The van der Waals surface area contributed by atoms with Crippen molar-refractivity contribution in [1.29, 1.82) is 0 Å². The van der Waals surface area contributed by atoms with Crippen LogP contribution in [0.1, 0.15) is 20.3 Å². The molecule has 0 aliphatic carbocycles. The number of pyridine rings is 1. The summed E-state index contributed by atoms with van der Waals surface area (Å²) in [5, 5.41) is 16.4. The van der Waals surface area contributed by atoms with Crippen molar-refractivity contribution >= 4 is 22.2 Å². The number of rotatable bonds is 3. The van der Waals surface area contributed by atoms with Crippen molar-refractivity contribution in [2.75, 3.05) is 5.01 Å². The van der Waals surface area contributed by atoms with E-state index in [1.54, 1.807) is 43.6 Å². The van der Waals surface area contributed by atoms with Crippen LogP contribution in [-0.4, -0.2) is 32.7 Å². The predicted molar refractivity (Wildman–Crippen MR) is 85.7 cm³/mol. The number of hydrazone groups is 1. The Balaban J connectivity index is 2.01. The van der Waals surface area contributed by atoms with Crippen LogP contribution in [0.3, 0.4) is 0 Å². The van der Waals surface area contributed by atoms with E-state index in [0.717, 1.165) is 11.3 Å². The Bertz CT molecular complexity index is 760. The van der Waals surface area contributed by atoms with Gasteiger partial charge in [0.05, 0.1) is 5.69 Å². The summed E-state index contributed by atoms with van der Waals surface area (Å²) < 4.78 is 40.3. The number of alkyl halides is 3. The number of nitrogens with zero attached hydrogens (tertiary/aromatic N) is 4. The molecule has 1 N–H and O–H groups in total. The van der Waals surface area contributed by atoms with Crippen molar-refractivity contribution in [3.63, 3.8) is 0 Å². The maximum Gasteiger partial charge on any atom is 0.438 e. The van der Waals surface area contributed by atoms with Crippen LogP contribution in [0.15, 0.2) is 34.9 Å². The molecule has 0 aromatic carbocycles. The first-order valence-electron chi connectivity index (χ1n) is 7.26. The van der Waals surface area contributed by atoms with Crippen LogP contribution in [-0.2, 0) is 0 Å². The largest absolute Gasteiger partial charge is 0.438 e. The lowest BCUT2D eigenvalue weighted by Gasteiger charge is -2.32. The molecule has 0 saturated carbocycles. The summed E-state index contributed by atoms with van der Waals surface area (Å²) in [6.45, 7) is 3.47. The minimum Gasteiger partial charge on any atom is -0.362 e. The Morgan fingerprint density at radius 2 is 2.04 bits per heavy atom. The lowest BCUT2D eigenvalue weighted by molar-refractivity contribution is -0.254. The molecule has 128 valence electrons. The average Bonchev–Trinajstić information content (AvgIpc) is 3.12. The van der Waals surface area contributed by atoms with Crippen LogP contribution in [0, 0.1) is 5.92 Å². The third-order valence-corrected chi connectivity index (χ3v) is 4.54. The highest BCUT2D eigenvalue weighted by Gasteiger charge is 2.62. The van der Waals surface area contributed by atoms with Gasteiger partial charge in [-0.2, -0.15) is 23.3 Å². The molecule has 0 bridgehead atoms. The van der Waals surface area contributed by atoms with Gasteiger partial charge in [-0.3, -0.25) is 4.98 Å². The third kappa shape index (κ3) is 2.78. The lowest BCUT2D eigenvalue weighted by atomic mass is 9.99. The van der Waals surface area contributed by atoms with E-state index in [2.05, 4.69) is 15.1 Å². The summed E-state index contributed by atoms with van der Waals surface area (Å²) in [5.41, 5.74) is -1.81. The number of thiazole rings is 1. The topological polar surface area (TPSA) is 61.6 Å². The van der Waals surface area contributed by atoms with Gasteiger partial charge in [0.2, 0.25) is 5.13 Å². The monoisotopic (exact) mass is 356 g/mol. The van der Waals surface area contributed by atoms with Gasteiger partial charge in [-0.05, 0) is 18.1 Å². The highest BCUT2D eigenvalue weighted by molar-refractivity contribution is 7.14. The van der Waals surface area contributed by atoms with E-state index in [1.165, 1.54) is 0 Å². The molecule has 0 amide bonds. The first-order chi connectivity index (χ1) is 11.2. The molecule has 5 nitrogen and oxygen atoms in total. The van der Waals surface area contributed by atoms with E-state index in [4.69, 9.17) is 0 Å². The Morgan fingerprint density at radius 1 is 1.29 bits per heavy atom. The number of aliphatic hydroxyl groups is 1. The zero-order valence-corrected chi connectivity index (χ0v) is 13.8. The van der Waals surface area contributed by atoms with E-state index in [9.17, 15) is 18.3 Å². The molecule has 3 heterocycles. The second-order valence-corrected chi connectivity index (χ2v) is 6.62. The molecule has 2 aromatic rings. The molecular formula is C15H15F3N4OS. The van der Waals surface area contributed by atoms with Crippen LogP contribution in [0.4, 0.5) is 18.3 Å². The first-order valence-corrected chi connectivity index (χ1v) is 8.14. The Labute approximate surface area is 140 Å². The van der Waals surface area contributed by atoms with E-state index in [1.807, 2.05) is 0 Å². The van der Waals surface area contributed by atoms with E-state index in [0.29, 0.717) is 16.4 Å². The number of hydrogen-bond donors (Lipinski definition) is 1. The minimum absolute atomic E-state index is 0.0221. The molecule has 3 rings (SSSR count). The van der Waals surface area contributed by atoms with Gasteiger partial charge in [0.1, 0.15) is 5.69 Å². The second kappa shape index (κ2) is 5.82. The molecule has 0 spiro atoms. The van der Waals surface area contributed by atoms with Crippen LogP contribution in [0.2, 0.25) is 0 Å². The van der Waals surface area contributed by atoms with Gasteiger partial charge < -0.3 is 5.11 Å². The molecule has 1 aliphatic rings. The number of anilines is 1. The van der Waals surface area contributed by atoms with Crippen molar-refractivity contribution in [3.05, 3.63) is 29.8 Å². The van der Waals surface area contributed by atoms with Crippen LogP contribution in [0.5, 0.6) is 0 Å². The van der Waals surface area contributed by atoms with Gasteiger partial charge in [0.15, 0.2) is 0 Å². The van der Waals surface area contributed by atoms with Gasteiger partial charge in [-0.15, -0.1) is 11.3 Å². The molecule has 2 aromatic heterocycles. The fraction of sp³-hybridized carbons (Fsp3) is 0.400. The molecule has 0 unspecified atom stereocenters. The van der Waals surface area contributed by atoms with Crippen molar-refractivity contribution < 1.29 is 18.3 Å². The Morgan fingerprint density at radius 3 is 2.62 bits per heavy atom. The van der Waals surface area contributed by atoms with E-state index in [-0.39, 0.29) is 16.8 Å². The fourth-order valence-electron chi connectivity index (χ4n) is 2.31. The van der Waals surface area contributed by atoms with Gasteiger partial charge in [-0.25, -0.2) is 4.98 Å². The van der Waals surface area contributed by atoms with Crippen LogP contribution < -0.4 is 5.01 Å². The van der Waals surface area contributed by atoms with E-state index < -0.39 is 18.3 Å². The highest BCUT2D eigenvalue weighted by atomic mass is 32.1. The number of aromatic nitrogens is 2. The molecule has 1 atom stereocenters. The quantitative estimate of drug-likeness (QED) is 0.911. The van der Waals surface area contributed by atoms with Crippen LogP contribution >= 0.6 is 11.3 Å². The zero-order chi connectivity index (χ0) is 17.5. The molecule has 9 heteroatoms. The summed E-state index contributed by atoms with van der Waals surface area (Å²) in [6.07, 6.45) is -3.87. The Kier molecular flexibility index (Phi) is 4.08. The second-order valence-electron chi connectivity index (χ2n) is 5.78. The Hall–Kier alpha value is -2.00. The standard InChI is InChI=1S/C15H15F3N4OS/c1-9(2)11-7-14(23,15(16,17)18)22(21-11)13-20-12(8-24-13)10-5-3-4-6-19-10/h3-6,8-9,23H,7H2,1-2H3/t14-/m1/s1.